The first-order chi connectivity index (χ1) is 12.2. The lowest BCUT2D eigenvalue weighted by Crippen LogP contribution is -2.26. The minimum atomic E-state index is 0.880. The molecule has 0 spiro atoms. The van der Waals surface area contributed by atoms with Crippen molar-refractivity contribution in [3.05, 3.63) is 59.6 Å². The van der Waals surface area contributed by atoms with Crippen LogP contribution < -0.4 is 0 Å². The summed E-state index contributed by atoms with van der Waals surface area (Å²) in [6, 6.07) is 6.22. The molecule has 25 heavy (non-hydrogen) atoms. The van der Waals surface area contributed by atoms with Gasteiger partial charge in [-0.05, 0) is 25.5 Å². The van der Waals surface area contributed by atoms with Gasteiger partial charge in [-0.2, -0.15) is 5.10 Å². The standard InChI is InChI=1S/C19H22N6/c1-14-4-3-5-16(23-14)12-25-8-6-17-18(7-9-25)20-13-21-19(17)15-10-22-24(2)11-15/h3-5,10-11,13H,6-9,12H2,1-2H3. The Hall–Kier alpha value is -2.60. The molecule has 0 aliphatic carbocycles. The lowest BCUT2D eigenvalue weighted by Gasteiger charge is -2.19. The van der Waals surface area contributed by atoms with Gasteiger partial charge in [0.25, 0.3) is 0 Å². The fourth-order valence-corrected chi connectivity index (χ4v) is 3.44. The fourth-order valence-electron chi connectivity index (χ4n) is 3.44. The van der Waals surface area contributed by atoms with E-state index < -0.39 is 0 Å². The average molecular weight is 334 g/mol. The highest BCUT2D eigenvalue weighted by atomic mass is 15.2. The van der Waals surface area contributed by atoms with Gasteiger partial charge >= 0.3 is 0 Å². The van der Waals surface area contributed by atoms with Crippen LogP contribution in [0.2, 0.25) is 0 Å². The second-order valence-electron chi connectivity index (χ2n) is 6.60. The van der Waals surface area contributed by atoms with E-state index in [1.165, 1.54) is 5.56 Å². The van der Waals surface area contributed by atoms with Gasteiger partial charge in [0, 0.05) is 61.8 Å². The van der Waals surface area contributed by atoms with Gasteiger partial charge < -0.3 is 0 Å². The molecule has 0 radical (unpaired) electrons. The Morgan fingerprint density at radius 2 is 2.00 bits per heavy atom. The quantitative estimate of drug-likeness (QED) is 0.735. The molecule has 6 nitrogen and oxygen atoms in total. The van der Waals surface area contributed by atoms with E-state index in [-0.39, 0.29) is 0 Å². The molecule has 3 aromatic rings. The number of aromatic nitrogens is 5. The molecule has 4 rings (SSSR count). The Labute approximate surface area is 147 Å². The van der Waals surface area contributed by atoms with Crippen LogP contribution in [0.25, 0.3) is 11.3 Å². The molecule has 0 aromatic carbocycles. The van der Waals surface area contributed by atoms with Crippen LogP contribution in [0.5, 0.6) is 0 Å². The molecule has 6 heteroatoms. The normalized spacial score (nSPS) is 15.0. The van der Waals surface area contributed by atoms with E-state index in [1.807, 2.05) is 37.1 Å². The number of pyridine rings is 1. The molecule has 3 aromatic heterocycles. The largest absolute Gasteiger partial charge is 0.297 e. The molecule has 128 valence electrons. The van der Waals surface area contributed by atoms with Crippen molar-refractivity contribution in [1.29, 1.82) is 0 Å². The second kappa shape index (κ2) is 6.72. The van der Waals surface area contributed by atoms with Crippen molar-refractivity contribution in [3.8, 4) is 11.3 Å². The minimum absolute atomic E-state index is 0.880. The maximum Gasteiger partial charge on any atom is 0.116 e. The Morgan fingerprint density at radius 3 is 2.80 bits per heavy atom. The molecule has 1 aliphatic rings. The van der Waals surface area contributed by atoms with E-state index in [2.05, 4.69) is 37.1 Å². The van der Waals surface area contributed by atoms with Crippen molar-refractivity contribution in [2.75, 3.05) is 13.1 Å². The van der Waals surface area contributed by atoms with E-state index >= 15 is 0 Å². The zero-order chi connectivity index (χ0) is 17.2. The smallest absolute Gasteiger partial charge is 0.116 e. The summed E-state index contributed by atoms with van der Waals surface area (Å²) in [5.41, 5.74) is 6.71. The van der Waals surface area contributed by atoms with E-state index in [9.17, 15) is 0 Å². The third kappa shape index (κ3) is 3.44. The van der Waals surface area contributed by atoms with Crippen LogP contribution in [0.3, 0.4) is 0 Å². The Kier molecular flexibility index (Phi) is 4.28. The van der Waals surface area contributed by atoms with E-state index in [4.69, 9.17) is 0 Å². The van der Waals surface area contributed by atoms with Crippen LogP contribution in [0.1, 0.15) is 22.6 Å². The third-order valence-corrected chi connectivity index (χ3v) is 4.69. The molecule has 0 N–H and O–H groups in total. The van der Waals surface area contributed by atoms with Gasteiger partial charge in [-0.15, -0.1) is 0 Å². The van der Waals surface area contributed by atoms with Crippen molar-refractivity contribution in [1.82, 2.24) is 29.6 Å². The molecule has 0 amide bonds. The number of hydrogen-bond acceptors (Lipinski definition) is 5. The van der Waals surface area contributed by atoms with E-state index in [0.717, 1.165) is 60.8 Å². The van der Waals surface area contributed by atoms with E-state index in [1.54, 1.807) is 6.33 Å². The fraction of sp³-hybridized carbons (Fsp3) is 0.368. The lowest BCUT2D eigenvalue weighted by molar-refractivity contribution is 0.275. The van der Waals surface area contributed by atoms with Crippen LogP contribution in [-0.2, 0) is 26.4 Å². The van der Waals surface area contributed by atoms with Crippen molar-refractivity contribution < 1.29 is 0 Å². The predicted octanol–water partition coefficient (Wildman–Crippen LogP) is 2.18. The van der Waals surface area contributed by atoms with Crippen LogP contribution in [0.4, 0.5) is 0 Å². The summed E-state index contributed by atoms with van der Waals surface area (Å²) in [7, 11) is 1.93. The van der Waals surface area contributed by atoms with Crippen molar-refractivity contribution in [2.24, 2.45) is 7.05 Å². The second-order valence-corrected chi connectivity index (χ2v) is 6.60. The van der Waals surface area contributed by atoms with Crippen LogP contribution in [0.15, 0.2) is 36.9 Å². The number of fused-ring (bicyclic) bond motifs is 1. The minimum Gasteiger partial charge on any atom is -0.297 e. The number of rotatable bonds is 3. The first-order valence-corrected chi connectivity index (χ1v) is 8.66. The van der Waals surface area contributed by atoms with Gasteiger partial charge in [0.1, 0.15) is 6.33 Å². The highest BCUT2D eigenvalue weighted by molar-refractivity contribution is 5.62. The summed E-state index contributed by atoms with van der Waals surface area (Å²) in [6.45, 7) is 4.90. The SMILES string of the molecule is Cc1cccc(CN2CCc3ncnc(-c4cnn(C)c4)c3CC2)n1. The molecular formula is C19H22N6. The lowest BCUT2D eigenvalue weighted by atomic mass is 10.0. The van der Waals surface area contributed by atoms with Gasteiger partial charge in [0.05, 0.1) is 17.6 Å². The zero-order valence-electron chi connectivity index (χ0n) is 14.7. The Morgan fingerprint density at radius 1 is 1.12 bits per heavy atom. The monoisotopic (exact) mass is 334 g/mol. The first-order valence-electron chi connectivity index (χ1n) is 8.66. The van der Waals surface area contributed by atoms with Crippen LogP contribution >= 0.6 is 0 Å². The zero-order valence-corrected chi connectivity index (χ0v) is 14.7. The van der Waals surface area contributed by atoms with Gasteiger partial charge in [0.2, 0.25) is 0 Å². The molecule has 0 unspecified atom stereocenters. The molecule has 0 bridgehead atoms. The van der Waals surface area contributed by atoms with Gasteiger partial charge in [0.15, 0.2) is 0 Å². The van der Waals surface area contributed by atoms with Gasteiger partial charge in [-0.25, -0.2) is 9.97 Å². The summed E-state index contributed by atoms with van der Waals surface area (Å²) in [6.07, 6.45) is 7.46. The average Bonchev–Trinajstić information content (AvgIpc) is 2.93. The maximum absolute atomic E-state index is 4.63. The molecule has 1 aliphatic heterocycles. The maximum atomic E-state index is 4.63. The topological polar surface area (TPSA) is 59.7 Å². The number of nitrogens with zero attached hydrogens (tertiary/aromatic N) is 6. The van der Waals surface area contributed by atoms with Crippen LogP contribution in [0, 0.1) is 6.92 Å². The number of aryl methyl sites for hydroxylation is 2. The van der Waals surface area contributed by atoms with Crippen molar-refractivity contribution in [2.45, 2.75) is 26.3 Å². The summed E-state index contributed by atoms with van der Waals surface area (Å²) in [4.78, 5) is 16.2. The highest BCUT2D eigenvalue weighted by Crippen LogP contribution is 2.25. The summed E-state index contributed by atoms with van der Waals surface area (Å²) in [5.74, 6) is 0. The molecule has 0 atom stereocenters. The van der Waals surface area contributed by atoms with Gasteiger partial charge in [-0.1, -0.05) is 6.07 Å². The summed E-state index contributed by atoms with van der Waals surface area (Å²) in [5, 5.41) is 4.28. The van der Waals surface area contributed by atoms with Crippen molar-refractivity contribution in [3.63, 3.8) is 0 Å². The molecular weight excluding hydrogens is 312 g/mol. The van der Waals surface area contributed by atoms with Crippen molar-refractivity contribution >= 4 is 0 Å². The predicted molar refractivity (Wildman–Crippen MR) is 95.9 cm³/mol. The molecule has 0 fully saturated rings. The highest BCUT2D eigenvalue weighted by Gasteiger charge is 2.20. The Bertz CT molecular complexity index is 885. The Balaban J connectivity index is 1.56. The molecule has 0 saturated heterocycles. The van der Waals surface area contributed by atoms with Gasteiger partial charge in [-0.3, -0.25) is 14.6 Å². The third-order valence-electron chi connectivity index (χ3n) is 4.69. The van der Waals surface area contributed by atoms with Crippen LogP contribution in [-0.4, -0.2) is 42.7 Å². The van der Waals surface area contributed by atoms with E-state index in [0.29, 0.717) is 0 Å². The number of hydrogen-bond donors (Lipinski definition) is 0. The first kappa shape index (κ1) is 15.9. The summed E-state index contributed by atoms with van der Waals surface area (Å²) >= 11 is 0. The molecule has 4 heterocycles. The molecule has 0 saturated carbocycles. The summed E-state index contributed by atoms with van der Waals surface area (Å²) < 4.78 is 1.82.